The van der Waals surface area contributed by atoms with Gasteiger partial charge < -0.3 is 8.92 Å². The SMILES string of the molecule is CC(C)(C)C(C)(C)C(=O)OCCc1ccc(OS(=O)(=O)C(F)(F)C(F)(F)C(F)(F)S(=O)(=O)N(O)S(=O)(=O)C(F)(F)F)cc1. The molecule has 0 aliphatic carbocycles. The smallest absolute Gasteiger partial charge is 0.465 e. The van der Waals surface area contributed by atoms with E-state index < -0.39 is 78.5 Å². The lowest BCUT2D eigenvalue weighted by molar-refractivity contribution is -0.247. The zero-order valence-electron chi connectivity index (χ0n) is 22.4. The van der Waals surface area contributed by atoms with Crippen LogP contribution in [0.3, 0.4) is 0 Å². The average molecular weight is 706 g/mol. The number of alkyl halides is 9. The monoisotopic (exact) mass is 705 g/mol. The van der Waals surface area contributed by atoms with E-state index in [1.807, 2.05) is 0 Å². The highest BCUT2D eigenvalue weighted by molar-refractivity contribution is 8.04. The minimum absolute atomic E-state index is 0.0597. The zero-order chi connectivity index (χ0) is 34.5. The van der Waals surface area contributed by atoms with Crippen molar-refractivity contribution >= 4 is 36.1 Å². The molecule has 0 fully saturated rings. The predicted molar refractivity (Wildman–Crippen MR) is 126 cm³/mol. The Bertz CT molecular complexity index is 1520. The highest BCUT2D eigenvalue weighted by Gasteiger charge is 2.84. The number of rotatable bonds is 12. The van der Waals surface area contributed by atoms with Crippen molar-refractivity contribution in [2.75, 3.05) is 6.61 Å². The Kier molecular flexibility index (Phi) is 10.4. The van der Waals surface area contributed by atoms with Gasteiger partial charge >= 0.3 is 58.1 Å². The molecule has 0 aromatic heterocycles. The molecular weight excluding hydrogens is 681 g/mol. The fourth-order valence-electron chi connectivity index (χ4n) is 2.44. The summed E-state index contributed by atoms with van der Waals surface area (Å²) in [6.07, 6.45) is -0.0597. The van der Waals surface area contributed by atoms with E-state index in [1.54, 1.807) is 34.6 Å². The first-order valence-corrected chi connectivity index (χ1v) is 15.4. The number of sulfonamides is 2. The van der Waals surface area contributed by atoms with Crippen LogP contribution >= 0.6 is 0 Å². The maximum Gasteiger partial charge on any atom is 0.514 e. The molecule has 23 heteroatoms. The van der Waals surface area contributed by atoms with Crippen LogP contribution in [0.1, 0.15) is 40.2 Å². The van der Waals surface area contributed by atoms with Crippen LogP contribution in [0.5, 0.6) is 5.75 Å². The average Bonchev–Trinajstić information content (AvgIpc) is 2.82. The lowest BCUT2D eigenvalue weighted by Crippen LogP contribution is -2.64. The van der Waals surface area contributed by atoms with Gasteiger partial charge in [0.2, 0.25) is 0 Å². The van der Waals surface area contributed by atoms with Gasteiger partial charge in [-0.15, -0.1) is 0 Å². The van der Waals surface area contributed by atoms with E-state index in [0.29, 0.717) is 12.1 Å². The molecule has 11 nitrogen and oxygen atoms in total. The molecule has 250 valence electrons. The molecular formula is C20H24F9NO10S3. The van der Waals surface area contributed by atoms with Crippen LogP contribution in [-0.2, 0) is 46.1 Å². The van der Waals surface area contributed by atoms with Crippen molar-refractivity contribution in [3.8, 4) is 5.75 Å². The number of halogens is 9. The second-order valence-electron chi connectivity index (χ2n) is 10.2. The molecule has 0 aliphatic heterocycles. The topological polar surface area (TPSA) is 161 Å². The van der Waals surface area contributed by atoms with Gasteiger partial charge in [-0.2, -0.15) is 56.3 Å². The number of ether oxygens (including phenoxy) is 1. The summed E-state index contributed by atoms with van der Waals surface area (Å²) in [4.78, 5) is 12.3. The lowest BCUT2D eigenvalue weighted by atomic mass is 9.69. The Morgan fingerprint density at radius 3 is 1.60 bits per heavy atom. The van der Waals surface area contributed by atoms with Crippen molar-refractivity contribution in [2.45, 2.75) is 63.0 Å². The van der Waals surface area contributed by atoms with Crippen LogP contribution in [0.2, 0.25) is 0 Å². The van der Waals surface area contributed by atoms with E-state index in [0.717, 1.165) is 12.1 Å². The van der Waals surface area contributed by atoms with Crippen LogP contribution in [0.15, 0.2) is 24.3 Å². The van der Waals surface area contributed by atoms with Crippen LogP contribution in [-0.4, -0.2) is 68.9 Å². The molecule has 0 bridgehead atoms. The van der Waals surface area contributed by atoms with Crippen molar-refractivity contribution < 1.29 is 83.7 Å². The Morgan fingerprint density at radius 1 is 0.767 bits per heavy atom. The number of carbonyl (C=O) groups excluding carboxylic acids is 1. The third kappa shape index (κ3) is 6.83. The van der Waals surface area contributed by atoms with Crippen molar-refractivity contribution in [3.05, 3.63) is 29.8 Å². The fraction of sp³-hybridized carbons (Fsp3) is 0.650. The van der Waals surface area contributed by atoms with E-state index in [4.69, 9.17) is 9.94 Å². The first-order valence-electron chi connectivity index (χ1n) is 11.1. The highest BCUT2D eigenvalue weighted by atomic mass is 32.3. The quantitative estimate of drug-likeness (QED) is 0.144. The Morgan fingerprint density at radius 2 is 1.21 bits per heavy atom. The molecule has 43 heavy (non-hydrogen) atoms. The first kappa shape index (κ1) is 38.7. The number of hydrogen-bond donors (Lipinski definition) is 1. The van der Waals surface area contributed by atoms with E-state index in [1.165, 1.54) is 0 Å². The number of esters is 1. The van der Waals surface area contributed by atoms with Crippen LogP contribution in [0.25, 0.3) is 0 Å². The second kappa shape index (κ2) is 11.5. The van der Waals surface area contributed by atoms with Gasteiger partial charge in [-0.1, -0.05) is 32.9 Å². The van der Waals surface area contributed by atoms with Gasteiger partial charge in [-0.25, -0.2) is 8.42 Å². The van der Waals surface area contributed by atoms with E-state index >= 15 is 0 Å². The number of hydrogen-bond acceptors (Lipinski definition) is 10. The van der Waals surface area contributed by atoms with E-state index in [9.17, 15) is 69.6 Å². The molecule has 0 saturated heterocycles. The zero-order valence-corrected chi connectivity index (χ0v) is 24.9. The molecule has 1 aromatic carbocycles. The van der Waals surface area contributed by atoms with Gasteiger partial charge in [-0.3, -0.25) is 10.0 Å². The number of benzene rings is 1. The molecule has 1 aromatic rings. The summed E-state index contributed by atoms with van der Waals surface area (Å²) in [7, 11) is -23.5. The molecule has 0 spiro atoms. The van der Waals surface area contributed by atoms with Crippen LogP contribution in [0, 0.1) is 10.8 Å². The van der Waals surface area contributed by atoms with Crippen molar-refractivity contribution in [2.24, 2.45) is 10.8 Å². The molecule has 1 rings (SSSR count). The molecule has 0 atom stereocenters. The van der Waals surface area contributed by atoms with Crippen molar-refractivity contribution in [3.63, 3.8) is 0 Å². The Balaban J connectivity index is 3.22. The molecule has 1 N–H and O–H groups in total. The molecule has 0 saturated carbocycles. The predicted octanol–water partition coefficient (Wildman–Crippen LogP) is 4.24. The van der Waals surface area contributed by atoms with Crippen LogP contribution in [0.4, 0.5) is 39.5 Å². The van der Waals surface area contributed by atoms with Crippen molar-refractivity contribution in [1.29, 1.82) is 0 Å². The van der Waals surface area contributed by atoms with Gasteiger partial charge in [0, 0.05) is 10.3 Å². The molecule has 0 heterocycles. The second-order valence-corrected chi connectivity index (χ2v) is 15.6. The molecule has 0 amide bonds. The van der Waals surface area contributed by atoms with Crippen molar-refractivity contribution in [1.82, 2.24) is 3.87 Å². The summed E-state index contributed by atoms with van der Waals surface area (Å²) in [6.45, 7) is 8.34. The van der Waals surface area contributed by atoms with Gasteiger partial charge in [-0.05, 0) is 37.0 Å². The van der Waals surface area contributed by atoms with Gasteiger partial charge in [0.1, 0.15) is 5.75 Å². The largest absolute Gasteiger partial charge is 0.514 e. The number of carbonyl (C=O) groups is 1. The first-order chi connectivity index (χ1) is 18.7. The Hall–Kier alpha value is -2.37. The Labute approximate surface area is 239 Å². The lowest BCUT2D eigenvalue weighted by Gasteiger charge is -2.36. The third-order valence-corrected chi connectivity index (χ3v) is 11.0. The van der Waals surface area contributed by atoms with E-state index in [2.05, 4.69) is 4.18 Å². The standard InChI is InChI=1S/C20H24F9NO10S3/c1-15(2,3)16(4,5)14(31)39-11-10-12-6-8-13(9-7-12)40-43(37,38)19(25,26)17(21,22)18(23,24)41(33,34)30(32)42(35,36)20(27,28)29/h6-9,32H,10-11H2,1-5H3. The summed E-state index contributed by atoms with van der Waals surface area (Å²) in [5.74, 6) is -9.59. The highest BCUT2D eigenvalue weighted by Crippen LogP contribution is 2.52. The summed E-state index contributed by atoms with van der Waals surface area (Å²) in [5, 5.41) is -6.29. The van der Waals surface area contributed by atoms with Gasteiger partial charge in [0.05, 0.1) is 12.0 Å². The molecule has 0 radical (unpaired) electrons. The summed E-state index contributed by atoms with van der Waals surface area (Å²) in [6, 6.07) is 2.97. The van der Waals surface area contributed by atoms with Gasteiger partial charge in [0.25, 0.3) is 0 Å². The summed E-state index contributed by atoms with van der Waals surface area (Å²) >= 11 is 0. The minimum Gasteiger partial charge on any atom is -0.465 e. The number of nitrogens with zero attached hydrogens (tertiary/aromatic N) is 1. The minimum atomic E-state index is -8.33. The van der Waals surface area contributed by atoms with Crippen LogP contribution < -0.4 is 4.18 Å². The van der Waals surface area contributed by atoms with E-state index in [-0.39, 0.29) is 18.6 Å². The summed E-state index contributed by atoms with van der Waals surface area (Å²) in [5.41, 5.74) is -8.13. The summed E-state index contributed by atoms with van der Waals surface area (Å²) < 4.78 is 196. The normalized spacial score (nSPS) is 15.0. The maximum atomic E-state index is 14.3. The maximum absolute atomic E-state index is 14.3. The molecule has 0 unspecified atom stereocenters. The third-order valence-electron chi connectivity index (χ3n) is 6.21. The van der Waals surface area contributed by atoms with Gasteiger partial charge in [0.15, 0.2) is 0 Å². The fourth-order valence-corrected chi connectivity index (χ4v) is 5.81. The molecule has 0 aliphatic rings.